The zero-order valence-corrected chi connectivity index (χ0v) is 10.8. The van der Waals surface area contributed by atoms with Crippen molar-refractivity contribution in [2.24, 2.45) is 0 Å². The zero-order valence-electron chi connectivity index (χ0n) is 10.8. The van der Waals surface area contributed by atoms with Crippen LogP contribution in [0.2, 0.25) is 0 Å². The number of rotatable bonds is 3. The molecule has 2 rings (SSSR count). The van der Waals surface area contributed by atoms with Crippen LogP contribution in [0.15, 0.2) is 0 Å². The van der Waals surface area contributed by atoms with Gasteiger partial charge in [0.05, 0.1) is 12.2 Å². The first-order chi connectivity index (χ1) is 7.66. The van der Waals surface area contributed by atoms with Gasteiger partial charge < -0.3 is 10.1 Å². The van der Waals surface area contributed by atoms with E-state index >= 15 is 0 Å². The second-order valence-electron chi connectivity index (χ2n) is 5.82. The third-order valence-corrected chi connectivity index (χ3v) is 3.71. The van der Waals surface area contributed by atoms with E-state index in [-0.39, 0.29) is 5.60 Å². The van der Waals surface area contributed by atoms with Gasteiger partial charge in [0.25, 0.3) is 0 Å². The van der Waals surface area contributed by atoms with Gasteiger partial charge in [-0.15, -0.1) is 0 Å². The molecule has 1 N–H and O–H groups in total. The maximum absolute atomic E-state index is 5.73. The summed E-state index contributed by atoms with van der Waals surface area (Å²) in [7, 11) is 0. The van der Waals surface area contributed by atoms with Crippen LogP contribution in [0.4, 0.5) is 0 Å². The van der Waals surface area contributed by atoms with Crippen molar-refractivity contribution >= 4 is 0 Å². The Balaban J connectivity index is 1.68. The average Bonchev–Trinajstić information content (AvgIpc) is 2.27. The SMILES string of the molecule is CC1(C)CN(CCC2CCCCN2)CCO1. The fourth-order valence-corrected chi connectivity index (χ4v) is 2.81. The molecule has 2 aliphatic rings. The Morgan fingerprint density at radius 1 is 1.38 bits per heavy atom. The molecule has 0 aromatic rings. The van der Waals surface area contributed by atoms with E-state index in [1.807, 2.05) is 0 Å². The van der Waals surface area contributed by atoms with Crippen molar-refractivity contribution in [2.75, 3.05) is 32.8 Å². The van der Waals surface area contributed by atoms with Crippen LogP contribution in [0.5, 0.6) is 0 Å². The van der Waals surface area contributed by atoms with Gasteiger partial charge in [0.2, 0.25) is 0 Å². The summed E-state index contributed by atoms with van der Waals surface area (Å²) in [6, 6.07) is 0.764. The fraction of sp³-hybridized carbons (Fsp3) is 1.00. The Morgan fingerprint density at radius 3 is 2.94 bits per heavy atom. The molecule has 3 heteroatoms. The van der Waals surface area contributed by atoms with E-state index in [2.05, 4.69) is 24.1 Å². The lowest BCUT2D eigenvalue weighted by Crippen LogP contribution is -2.49. The van der Waals surface area contributed by atoms with Gasteiger partial charge in [0.1, 0.15) is 0 Å². The Kier molecular flexibility index (Phi) is 4.22. The molecule has 94 valence electrons. The summed E-state index contributed by atoms with van der Waals surface area (Å²) >= 11 is 0. The summed E-state index contributed by atoms with van der Waals surface area (Å²) in [6.45, 7) is 9.92. The van der Waals surface area contributed by atoms with E-state index < -0.39 is 0 Å². The molecule has 0 aliphatic carbocycles. The third kappa shape index (κ3) is 3.72. The normalized spacial score (nSPS) is 31.5. The Morgan fingerprint density at radius 2 is 2.25 bits per heavy atom. The average molecular weight is 226 g/mol. The van der Waals surface area contributed by atoms with Gasteiger partial charge in [-0.3, -0.25) is 4.90 Å². The van der Waals surface area contributed by atoms with E-state index in [0.29, 0.717) is 0 Å². The maximum atomic E-state index is 5.73. The summed E-state index contributed by atoms with van der Waals surface area (Å²) in [5.41, 5.74) is 0.0538. The molecule has 3 nitrogen and oxygen atoms in total. The molecule has 16 heavy (non-hydrogen) atoms. The van der Waals surface area contributed by atoms with Gasteiger partial charge in [-0.2, -0.15) is 0 Å². The van der Waals surface area contributed by atoms with Crippen molar-refractivity contribution in [2.45, 2.75) is 51.2 Å². The highest BCUT2D eigenvalue weighted by molar-refractivity contribution is 4.81. The van der Waals surface area contributed by atoms with E-state index in [1.54, 1.807) is 0 Å². The molecule has 2 fully saturated rings. The minimum atomic E-state index is 0.0538. The van der Waals surface area contributed by atoms with Crippen LogP contribution in [0.25, 0.3) is 0 Å². The number of morpholine rings is 1. The van der Waals surface area contributed by atoms with Crippen molar-refractivity contribution in [3.05, 3.63) is 0 Å². The van der Waals surface area contributed by atoms with Crippen molar-refractivity contribution in [3.8, 4) is 0 Å². The third-order valence-electron chi connectivity index (χ3n) is 3.71. The Hall–Kier alpha value is -0.120. The van der Waals surface area contributed by atoms with Gasteiger partial charge in [-0.25, -0.2) is 0 Å². The van der Waals surface area contributed by atoms with Crippen molar-refractivity contribution in [1.82, 2.24) is 10.2 Å². The molecule has 0 radical (unpaired) electrons. The highest BCUT2D eigenvalue weighted by atomic mass is 16.5. The molecule has 2 aliphatic heterocycles. The second kappa shape index (κ2) is 5.48. The number of nitrogens with zero attached hydrogens (tertiary/aromatic N) is 1. The zero-order chi connectivity index (χ0) is 11.4. The number of hydrogen-bond acceptors (Lipinski definition) is 3. The van der Waals surface area contributed by atoms with Crippen molar-refractivity contribution in [3.63, 3.8) is 0 Å². The highest BCUT2D eigenvalue weighted by Crippen LogP contribution is 2.17. The first-order valence-corrected chi connectivity index (χ1v) is 6.75. The van der Waals surface area contributed by atoms with Crippen LogP contribution >= 0.6 is 0 Å². The first kappa shape index (κ1) is 12.3. The van der Waals surface area contributed by atoms with E-state index in [0.717, 1.165) is 25.7 Å². The molecular weight excluding hydrogens is 200 g/mol. The van der Waals surface area contributed by atoms with Crippen LogP contribution in [-0.4, -0.2) is 49.3 Å². The van der Waals surface area contributed by atoms with Gasteiger partial charge >= 0.3 is 0 Å². The number of ether oxygens (including phenoxy) is 1. The number of nitrogens with one attached hydrogen (secondary N) is 1. The lowest BCUT2D eigenvalue weighted by atomic mass is 10.0. The molecule has 0 aromatic carbocycles. The Bertz CT molecular complexity index is 212. The molecule has 2 heterocycles. The van der Waals surface area contributed by atoms with Crippen LogP contribution in [0, 0.1) is 0 Å². The minimum Gasteiger partial charge on any atom is -0.373 e. The summed E-state index contributed by atoms with van der Waals surface area (Å²) in [5.74, 6) is 0. The topological polar surface area (TPSA) is 24.5 Å². The lowest BCUT2D eigenvalue weighted by Gasteiger charge is -2.39. The number of piperidine rings is 1. The standard InChI is InChI=1S/C13H26N2O/c1-13(2)11-15(9-10-16-13)8-6-12-5-3-4-7-14-12/h12,14H,3-11H2,1-2H3. The monoisotopic (exact) mass is 226 g/mol. The lowest BCUT2D eigenvalue weighted by molar-refractivity contribution is -0.0865. The summed E-state index contributed by atoms with van der Waals surface area (Å²) in [6.07, 6.45) is 5.44. The largest absolute Gasteiger partial charge is 0.373 e. The first-order valence-electron chi connectivity index (χ1n) is 6.75. The highest BCUT2D eigenvalue weighted by Gasteiger charge is 2.27. The predicted octanol–water partition coefficient (Wildman–Crippen LogP) is 1.63. The molecule has 0 spiro atoms. The van der Waals surface area contributed by atoms with Gasteiger partial charge in [0, 0.05) is 19.1 Å². The molecule has 2 saturated heterocycles. The van der Waals surface area contributed by atoms with Crippen molar-refractivity contribution in [1.29, 1.82) is 0 Å². The van der Waals surface area contributed by atoms with E-state index in [1.165, 1.54) is 38.8 Å². The Labute approximate surface area is 99.5 Å². The summed E-state index contributed by atoms with van der Waals surface area (Å²) in [4.78, 5) is 2.56. The number of hydrogen-bond donors (Lipinski definition) is 1. The predicted molar refractivity (Wildman–Crippen MR) is 66.7 cm³/mol. The maximum Gasteiger partial charge on any atom is 0.0753 e. The van der Waals surface area contributed by atoms with Crippen LogP contribution in [0.3, 0.4) is 0 Å². The smallest absolute Gasteiger partial charge is 0.0753 e. The quantitative estimate of drug-likeness (QED) is 0.791. The minimum absolute atomic E-state index is 0.0538. The van der Waals surface area contributed by atoms with Crippen molar-refractivity contribution < 1.29 is 4.74 Å². The second-order valence-corrected chi connectivity index (χ2v) is 5.82. The fourth-order valence-electron chi connectivity index (χ4n) is 2.81. The van der Waals surface area contributed by atoms with Gasteiger partial charge in [-0.1, -0.05) is 6.42 Å². The van der Waals surface area contributed by atoms with Gasteiger partial charge in [0.15, 0.2) is 0 Å². The van der Waals surface area contributed by atoms with Gasteiger partial charge in [-0.05, 0) is 46.2 Å². The summed E-state index contributed by atoms with van der Waals surface area (Å²) < 4.78 is 5.73. The molecule has 1 atom stereocenters. The molecular formula is C13H26N2O. The van der Waals surface area contributed by atoms with E-state index in [9.17, 15) is 0 Å². The molecule has 0 bridgehead atoms. The summed E-state index contributed by atoms with van der Waals surface area (Å²) in [5, 5.41) is 3.62. The van der Waals surface area contributed by atoms with E-state index in [4.69, 9.17) is 4.74 Å². The molecule has 0 amide bonds. The molecule has 0 saturated carbocycles. The molecule has 1 unspecified atom stereocenters. The van der Waals surface area contributed by atoms with Crippen LogP contribution < -0.4 is 5.32 Å². The molecule has 0 aromatic heterocycles. The van der Waals surface area contributed by atoms with Crippen LogP contribution in [0.1, 0.15) is 39.5 Å². The van der Waals surface area contributed by atoms with Crippen LogP contribution in [-0.2, 0) is 4.74 Å².